The topological polar surface area (TPSA) is 32.5 Å². The van der Waals surface area contributed by atoms with Gasteiger partial charge in [0.2, 0.25) is 0 Å². The molecule has 0 radical (unpaired) electrons. The molecule has 2 rings (SSSR count). The molecule has 1 fully saturated rings. The highest BCUT2D eigenvalue weighted by atomic mass is 15.3. The van der Waals surface area contributed by atoms with Gasteiger partial charge in [0.15, 0.2) is 0 Å². The summed E-state index contributed by atoms with van der Waals surface area (Å²) in [7, 11) is 2.22. The van der Waals surface area contributed by atoms with Crippen molar-refractivity contribution in [2.24, 2.45) is 5.73 Å². The van der Waals surface area contributed by atoms with E-state index in [1.54, 1.807) is 0 Å². The van der Waals surface area contributed by atoms with Crippen LogP contribution in [0.25, 0.3) is 0 Å². The van der Waals surface area contributed by atoms with Gasteiger partial charge in [-0.25, -0.2) is 0 Å². The third kappa shape index (κ3) is 2.93. The lowest BCUT2D eigenvalue weighted by molar-refractivity contribution is 0.146. The zero-order valence-electron chi connectivity index (χ0n) is 12.7. The van der Waals surface area contributed by atoms with E-state index in [2.05, 4.69) is 61.9 Å². The standard InChI is InChI=1S/C16H27N3/c1-13-7-5-6-8-15(13)19-11-14(9-10-17)18(4)12-16(19,2)3/h5-8,14H,9-12,17H2,1-4H3. The minimum absolute atomic E-state index is 0.159. The first-order valence-corrected chi connectivity index (χ1v) is 7.19. The van der Waals surface area contributed by atoms with E-state index in [0.717, 1.165) is 26.1 Å². The van der Waals surface area contributed by atoms with Crippen molar-refractivity contribution in [2.45, 2.75) is 38.8 Å². The normalized spacial score (nSPS) is 23.6. The molecule has 1 aliphatic rings. The highest BCUT2D eigenvalue weighted by Gasteiger charge is 2.37. The summed E-state index contributed by atoms with van der Waals surface area (Å²) < 4.78 is 0. The van der Waals surface area contributed by atoms with E-state index in [1.807, 2.05) is 0 Å². The Morgan fingerprint density at radius 3 is 2.63 bits per heavy atom. The van der Waals surface area contributed by atoms with Crippen LogP contribution in [0.3, 0.4) is 0 Å². The molecule has 3 nitrogen and oxygen atoms in total. The largest absolute Gasteiger partial charge is 0.363 e. The minimum Gasteiger partial charge on any atom is -0.363 e. The number of hydrogen-bond acceptors (Lipinski definition) is 3. The van der Waals surface area contributed by atoms with E-state index in [9.17, 15) is 0 Å². The second-order valence-corrected chi connectivity index (χ2v) is 6.36. The quantitative estimate of drug-likeness (QED) is 0.906. The average molecular weight is 261 g/mol. The van der Waals surface area contributed by atoms with Gasteiger partial charge in [-0.15, -0.1) is 0 Å². The van der Waals surface area contributed by atoms with Crippen LogP contribution in [0.1, 0.15) is 25.8 Å². The van der Waals surface area contributed by atoms with Crippen LogP contribution in [-0.2, 0) is 0 Å². The molecule has 3 heteroatoms. The van der Waals surface area contributed by atoms with Gasteiger partial charge >= 0.3 is 0 Å². The molecule has 0 bridgehead atoms. The molecule has 0 spiro atoms. The van der Waals surface area contributed by atoms with Gasteiger partial charge in [-0.1, -0.05) is 18.2 Å². The summed E-state index contributed by atoms with van der Waals surface area (Å²) in [5, 5.41) is 0. The Hall–Kier alpha value is -1.06. The molecule has 0 saturated carbocycles. The lowest BCUT2D eigenvalue weighted by atomic mass is 9.93. The number of benzene rings is 1. The lowest BCUT2D eigenvalue weighted by Crippen LogP contribution is -2.63. The van der Waals surface area contributed by atoms with Crippen molar-refractivity contribution < 1.29 is 0 Å². The summed E-state index contributed by atoms with van der Waals surface area (Å²) >= 11 is 0. The fraction of sp³-hybridized carbons (Fsp3) is 0.625. The molecule has 19 heavy (non-hydrogen) atoms. The maximum atomic E-state index is 5.76. The number of anilines is 1. The predicted molar refractivity (Wildman–Crippen MR) is 82.7 cm³/mol. The van der Waals surface area contributed by atoms with Crippen LogP contribution in [0.4, 0.5) is 5.69 Å². The third-order valence-corrected chi connectivity index (χ3v) is 4.29. The smallest absolute Gasteiger partial charge is 0.0473 e. The Morgan fingerprint density at radius 2 is 2.00 bits per heavy atom. The van der Waals surface area contributed by atoms with Gasteiger partial charge in [0.25, 0.3) is 0 Å². The highest BCUT2D eigenvalue weighted by molar-refractivity contribution is 5.55. The van der Waals surface area contributed by atoms with Crippen molar-refractivity contribution >= 4 is 5.69 Å². The maximum Gasteiger partial charge on any atom is 0.0473 e. The fourth-order valence-corrected chi connectivity index (χ4v) is 3.22. The van der Waals surface area contributed by atoms with Crippen LogP contribution in [0, 0.1) is 6.92 Å². The number of aryl methyl sites for hydroxylation is 1. The molecule has 2 N–H and O–H groups in total. The number of rotatable bonds is 3. The first-order valence-electron chi connectivity index (χ1n) is 7.19. The van der Waals surface area contributed by atoms with E-state index in [0.29, 0.717) is 6.04 Å². The van der Waals surface area contributed by atoms with Gasteiger partial charge in [0.05, 0.1) is 0 Å². The Morgan fingerprint density at radius 1 is 1.32 bits per heavy atom. The Balaban J connectivity index is 2.29. The number of piperazine rings is 1. The number of hydrogen-bond donors (Lipinski definition) is 1. The second kappa shape index (κ2) is 5.51. The Kier molecular flexibility index (Phi) is 4.16. The lowest BCUT2D eigenvalue weighted by Gasteiger charge is -2.51. The van der Waals surface area contributed by atoms with Crippen LogP contribution < -0.4 is 10.6 Å². The molecule has 1 aromatic carbocycles. The van der Waals surface area contributed by atoms with Crippen molar-refractivity contribution in [3.8, 4) is 0 Å². The Bertz CT molecular complexity index is 428. The van der Waals surface area contributed by atoms with E-state index in [-0.39, 0.29) is 5.54 Å². The van der Waals surface area contributed by atoms with Crippen LogP contribution in [0.2, 0.25) is 0 Å². The summed E-state index contributed by atoms with van der Waals surface area (Å²) in [6, 6.07) is 9.23. The summed E-state index contributed by atoms with van der Waals surface area (Å²) in [4.78, 5) is 5.02. The van der Waals surface area contributed by atoms with E-state index in [1.165, 1.54) is 11.3 Å². The number of likely N-dealkylation sites (N-methyl/N-ethyl adjacent to an activating group) is 1. The van der Waals surface area contributed by atoms with Crippen molar-refractivity contribution in [2.75, 3.05) is 31.6 Å². The fourth-order valence-electron chi connectivity index (χ4n) is 3.22. The Labute approximate surface area is 117 Å². The highest BCUT2D eigenvalue weighted by Crippen LogP contribution is 2.32. The molecule has 1 aromatic rings. The minimum atomic E-state index is 0.159. The summed E-state index contributed by atoms with van der Waals surface area (Å²) in [6.07, 6.45) is 1.06. The zero-order valence-corrected chi connectivity index (χ0v) is 12.7. The molecule has 1 aliphatic heterocycles. The summed E-state index contributed by atoms with van der Waals surface area (Å²) in [6.45, 7) is 9.75. The molecule has 1 heterocycles. The molecule has 1 saturated heterocycles. The molecule has 0 amide bonds. The average Bonchev–Trinajstić information content (AvgIpc) is 2.33. The zero-order chi connectivity index (χ0) is 14.0. The van der Waals surface area contributed by atoms with Gasteiger partial charge < -0.3 is 10.6 Å². The number of nitrogens with two attached hydrogens (primary N) is 1. The van der Waals surface area contributed by atoms with Crippen molar-refractivity contribution in [3.63, 3.8) is 0 Å². The first-order chi connectivity index (χ1) is 8.95. The van der Waals surface area contributed by atoms with Gasteiger partial charge in [-0.2, -0.15) is 0 Å². The van der Waals surface area contributed by atoms with E-state index in [4.69, 9.17) is 5.73 Å². The van der Waals surface area contributed by atoms with Crippen LogP contribution >= 0.6 is 0 Å². The third-order valence-electron chi connectivity index (χ3n) is 4.29. The summed E-state index contributed by atoms with van der Waals surface area (Å²) in [5.41, 5.74) is 8.63. The van der Waals surface area contributed by atoms with Crippen molar-refractivity contribution in [3.05, 3.63) is 29.8 Å². The molecule has 0 aromatic heterocycles. The van der Waals surface area contributed by atoms with Crippen LogP contribution in [-0.4, -0.2) is 43.2 Å². The van der Waals surface area contributed by atoms with Gasteiger partial charge in [0.1, 0.15) is 0 Å². The van der Waals surface area contributed by atoms with Crippen LogP contribution in [0.15, 0.2) is 24.3 Å². The molecule has 106 valence electrons. The maximum absolute atomic E-state index is 5.76. The molecule has 1 unspecified atom stereocenters. The number of nitrogens with zero attached hydrogens (tertiary/aromatic N) is 2. The van der Waals surface area contributed by atoms with E-state index >= 15 is 0 Å². The first kappa shape index (κ1) is 14.4. The van der Waals surface area contributed by atoms with Crippen LogP contribution in [0.5, 0.6) is 0 Å². The predicted octanol–water partition coefficient (Wildman–Crippen LogP) is 2.24. The van der Waals surface area contributed by atoms with Gasteiger partial charge in [-0.3, -0.25) is 4.90 Å². The molecular weight excluding hydrogens is 234 g/mol. The van der Waals surface area contributed by atoms with Crippen molar-refractivity contribution in [1.82, 2.24) is 4.90 Å². The molecule has 0 aliphatic carbocycles. The van der Waals surface area contributed by atoms with Gasteiger partial charge in [0, 0.05) is 30.4 Å². The van der Waals surface area contributed by atoms with Crippen molar-refractivity contribution in [1.29, 1.82) is 0 Å². The number of para-hydroxylation sites is 1. The summed E-state index contributed by atoms with van der Waals surface area (Å²) in [5.74, 6) is 0. The molecule has 1 atom stereocenters. The van der Waals surface area contributed by atoms with E-state index < -0.39 is 0 Å². The monoisotopic (exact) mass is 261 g/mol. The molecular formula is C16H27N3. The SMILES string of the molecule is Cc1ccccc1N1CC(CCN)N(C)CC1(C)C. The second-order valence-electron chi connectivity index (χ2n) is 6.36. The van der Waals surface area contributed by atoms with Gasteiger partial charge in [-0.05, 0) is 52.4 Å².